The van der Waals surface area contributed by atoms with Crippen LogP contribution in [0.5, 0.6) is 0 Å². The van der Waals surface area contributed by atoms with Gasteiger partial charge in [-0.05, 0) is 18.2 Å². The third-order valence-electron chi connectivity index (χ3n) is 2.38. The van der Waals surface area contributed by atoms with Gasteiger partial charge in [-0.2, -0.15) is 0 Å². The number of hydrogen-bond donors (Lipinski definition) is 1. The maximum absolute atomic E-state index is 4.51. The van der Waals surface area contributed by atoms with E-state index in [9.17, 15) is 0 Å². The van der Waals surface area contributed by atoms with Crippen LogP contribution >= 0.6 is 0 Å². The zero-order valence-electron chi connectivity index (χ0n) is 8.77. The van der Waals surface area contributed by atoms with Gasteiger partial charge in [0.25, 0.3) is 0 Å². The average Bonchev–Trinajstić information content (AvgIpc) is 2.74. The van der Waals surface area contributed by atoms with Gasteiger partial charge in [-0.25, -0.2) is 4.98 Å². The van der Waals surface area contributed by atoms with Crippen LogP contribution in [0.3, 0.4) is 0 Å². The quantitative estimate of drug-likeness (QED) is 0.668. The van der Waals surface area contributed by atoms with E-state index in [1.165, 1.54) is 0 Å². The van der Waals surface area contributed by atoms with Gasteiger partial charge in [0.05, 0.1) is 11.0 Å². The Bertz CT molecular complexity index is 554. The Morgan fingerprint density at radius 3 is 2.50 bits per heavy atom. The molecule has 1 N–H and O–H groups in total. The number of H-pyrrole nitrogens is 1. The zero-order valence-corrected chi connectivity index (χ0v) is 11.7. The molecule has 0 saturated carbocycles. The number of fused-ring (bicyclic) bond motifs is 1. The first kappa shape index (κ1) is 11.0. The first-order valence-electron chi connectivity index (χ1n) is 4.85. The minimum atomic E-state index is 0. The number of hydrogen-bond acceptors (Lipinski definition) is 1. The van der Waals surface area contributed by atoms with E-state index in [0.717, 1.165) is 22.4 Å². The Balaban J connectivity index is 0.000000963. The van der Waals surface area contributed by atoms with Crippen LogP contribution < -0.4 is 0 Å². The van der Waals surface area contributed by atoms with E-state index in [-0.39, 0.29) is 19.5 Å². The van der Waals surface area contributed by atoms with Crippen molar-refractivity contribution in [1.29, 1.82) is 0 Å². The molecule has 0 spiro atoms. The van der Waals surface area contributed by atoms with Crippen LogP contribution in [0.2, 0.25) is 0 Å². The maximum atomic E-state index is 4.51. The van der Waals surface area contributed by atoms with Crippen molar-refractivity contribution in [2.24, 2.45) is 0 Å². The smallest absolute Gasteiger partial charge is 0.138 e. The summed E-state index contributed by atoms with van der Waals surface area (Å²) < 4.78 is 0. The second kappa shape index (κ2) is 4.58. The van der Waals surface area contributed by atoms with Crippen molar-refractivity contribution in [1.82, 2.24) is 9.97 Å². The molecule has 0 fully saturated rings. The molecular weight excluding hydrogens is 250 g/mol. The summed E-state index contributed by atoms with van der Waals surface area (Å²) >= 11 is 0. The van der Waals surface area contributed by atoms with E-state index >= 15 is 0 Å². The molecule has 1 aromatic heterocycles. The van der Waals surface area contributed by atoms with Gasteiger partial charge in [0.2, 0.25) is 0 Å². The Hall–Kier alpha value is -1.47. The van der Waals surface area contributed by atoms with Crippen LogP contribution in [-0.2, 0) is 19.5 Å². The van der Waals surface area contributed by atoms with Crippen molar-refractivity contribution in [3.63, 3.8) is 0 Å². The number of nitrogens with zero attached hydrogens (tertiary/aromatic N) is 1. The van der Waals surface area contributed by atoms with Gasteiger partial charge in [0.15, 0.2) is 0 Å². The second-order valence-corrected chi connectivity index (χ2v) is 3.39. The fraction of sp³-hybridized carbons (Fsp3) is 0. The van der Waals surface area contributed by atoms with Crippen molar-refractivity contribution < 1.29 is 19.5 Å². The van der Waals surface area contributed by atoms with Crippen LogP contribution in [0.15, 0.2) is 48.5 Å². The number of nitrogens with one attached hydrogen (secondary N) is 1. The minimum absolute atomic E-state index is 0. The summed E-state index contributed by atoms with van der Waals surface area (Å²) in [5.74, 6) is 0.908. The molecule has 0 atom stereocenters. The predicted molar refractivity (Wildman–Crippen MR) is 60.4 cm³/mol. The normalized spacial score (nSPS) is 10.0. The number of rotatable bonds is 1. The van der Waals surface area contributed by atoms with E-state index < -0.39 is 0 Å². The van der Waals surface area contributed by atoms with Crippen molar-refractivity contribution in [2.45, 2.75) is 0 Å². The molecule has 0 amide bonds. The first-order chi connectivity index (χ1) is 7.43. The van der Waals surface area contributed by atoms with Crippen molar-refractivity contribution in [3.8, 4) is 11.4 Å². The number of aromatic amines is 1. The minimum Gasteiger partial charge on any atom is -0.338 e. The fourth-order valence-corrected chi connectivity index (χ4v) is 1.63. The number of aromatic nitrogens is 2. The zero-order chi connectivity index (χ0) is 10.1. The molecule has 3 aromatic rings. The second-order valence-electron chi connectivity index (χ2n) is 3.39. The van der Waals surface area contributed by atoms with Crippen LogP contribution in [-0.4, -0.2) is 9.97 Å². The molecule has 0 aliphatic heterocycles. The third kappa shape index (κ3) is 1.91. The summed E-state index contributed by atoms with van der Waals surface area (Å²) in [5.41, 5.74) is 3.16. The van der Waals surface area contributed by atoms with Crippen LogP contribution in [0, 0.1) is 6.07 Å². The van der Waals surface area contributed by atoms with Gasteiger partial charge >= 0.3 is 0 Å². The molecule has 73 valence electrons. The topological polar surface area (TPSA) is 28.7 Å². The predicted octanol–water partition coefficient (Wildman–Crippen LogP) is 3.03. The molecule has 2 aromatic carbocycles. The summed E-state index contributed by atoms with van der Waals surface area (Å²) in [6.45, 7) is 0. The van der Waals surface area contributed by atoms with Crippen molar-refractivity contribution in [2.75, 3.05) is 0 Å². The Kier molecular flexibility index (Phi) is 3.16. The summed E-state index contributed by atoms with van der Waals surface area (Å²) in [5, 5.41) is 0. The molecule has 0 aliphatic rings. The standard InChI is InChI=1S/C13H9N2.Zn/c1-2-6-10(7-3-1)13-14-11-8-4-5-9-12(11)15-13;/h2-9H,(H,14,15);. The van der Waals surface area contributed by atoms with E-state index in [2.05, 4.69) is 16.0 Å². The van der Waals surface area contributed by atoms with Crippen LogP contribution in [0.4, 0.5) is 0 Å². The largest absolute Gasteiger partial charge is 0.338 e. The monoisotopic (exact) mass is 257 g/mol. The van der Waals surface area contributed by atoms with Gasteiger partial charge in [-0.15, -0.1) is 0 Å². The van der Waals surface area contributed by atoms with Gasteiger partial charge in [0, 0.05) is 25.0 Å². The molecule has 3 rings (SSSR count). The van der Waals surface area contributed by atoms with Crippen molar-refractivity contribution in [3.05, 3.63) is 54.6 Å². The first-order valence-corrected chi connectivity index (χ1v) is 4.85. The SMILES string of the molecule is [Zn].[c]1ccc(-c2nc3ccccc3[nH]2)cc1. The summed E-state index contributed by atoms with van der Waals surface area (Å²) in [7, 11) is 0. The van der Waals surface area contributed by atoms with E-state index in [0.29, 0.717) is 0 Å². The van der Waals surface area contributed by atoms with Gasteiger partial charge in [0.1, 0.15) is 5.82 Å². The van der Waals surface area contributed by atoms with E-state index in [4.69, 9.17) is 0 Å². The molecule has 1 heterocycles. The molecule has 0 aliphatic carbocycles. The van der Waals surface area contributed by atoms with Crippen LogP contribution in [0.1, 0.15) is 0 Å². The summed E-state index contributed by atoms with van der Waals surface area (Å²) in [4.78, 5) is 7.80. The van der Waals surface area contributed by atoms with Crippen LogP contribution in [0.25, 0.3) is 22.4 Å². The third-order valence-corrected chi connectivity index (χ3v) is 2.38. The Morgan fingerprint density at radius 2 is 1.75 bits per heavy atom. The number of para-hydroxylation sites is 2. The molecule has 2 nitrogen and oxygen atoms in total. The number of benzene rings is 2. The summed E-state index contributed by atoms with van der Waals surface area (Å²) in [6.07, 6.45) is 0. The molecule has 0 bridgehead atoms. The molecule has 1 radical (unpaired) electrons. The van der Waals surface area contributed by atoms with E-state index in [1.807, 2.05) is 48.5 Å². The van der Waals surface area contributed by atoms with E-state index in [1.54, 1.807) is 0 Å². The van der Waals surface area contributed by atoms with Gasteiger partial charge in [-0.3, -0.25) is 0 Å². The van der Waals surface area contributed by atoms with Gasteiger partial charge < -0.3 is 4.98 Å². The van der Waals surface area contributed by atoms with Crippen molar-refractivity contribution >= 4 is 11.0 Å². The molecule has 0 unspecified atom stereocenters. The Labute approximate surface area is 106 Å². The maximum Gasteiger partial charge on any atom is 0.138 e. The van der Waals surface area contributed by atoms with Gasteiger partial charge in [-0.1, -0.05) is 36.4 Å². The molecular formula is C13H9N2Zn. The molecule has 0 saturated heterocycles. The summed E-state index contributed by atoms with van der Waals surface area (Å²) in [6, 6.07) is 18.8. The molecule has 3 heteroatoms. The number of imidazole rings is 1. The Morgan fingerprint density at radius 1 is 1.00 bits per heavy atom. The molecule has 16 heavy (non-hydrogen) atoms. The fourth-order valence-electron chi connectivity index (χ4n) is 1.63. The average molecular weight is 259 g/mol.